The Bertz CT molecular complexity index is 691. The van der Waals surface area contributed by atoms with E-state index in [0.29, 0.717) is 6.73 Å². The predicted molar refractivity (Wildman–Crippen MR) is 137 cm³/mol. The van der Waals surface area contributed by atoms with Crippen molar-refractivity contribution in [1.29, 1.82) is 0 Å². The Labute approximate surface area is 198 Å². The Morgan fingerprint density at radius 3 is 2.03 bits per heavy atom. The lowest BCUT2D eigenvalue weighted by Gasteiger charge is -2.30. The summed E-state index contributed by atoms with van der Waals surface area (Å²) in [4.78, 5) is 4.75. The highest BCUT2D eigenvalue weighted by atomic mass is 16.5. The number of likely N-dealkylation sites (N-methyl/N-ethyl adjacent to an activating group) is 1. The molecule has 1 aromatic rings. The first kappa shape index (κ1) is 27.0. The molecule has 4 heteroatoms. The smallest absolute Gasteiger partial charge is 0.142 e. The van der Waals surface area contributed by atoms with Crippen LogP contribution in [0.1, 0.15) is 92.2 Å². The van der Waals surface area contributed by atoms with Crippen molar-refractivity contribution >= 4 is 0 Å². The first-order valence-corrected chi connectivity index (χ1v) is 13.0. The second-order valence-electron chi connectivity index (χ2n) is 10.8. The average molecular weight is 447 g/mol. The summed E-state index contributed by atoms with van der Waals surface area (Å²) in [6.45, 7) is 24.8. The van der Waals surface area contributed by atoms with E-state index in [4.69, 9.17) is 9.47 Å². The lowest BCUT2D eigenvalue weighted by atomic mass is 9.79. The summed E-state index contributed by atoms with van der Waals surface area (Å²) in [5, 5.41) is 0. The molecule has 0 saturated heterocycles. The molecule has 0 spiro atoms. The van der Waals surface area contributed by atoms with E-state index in [2.05, 4.69) is 77.3 Å². The van der Waals surface area contributed by atoms with E-state index in [9.17, 15) is 0 Å². The third kappa shape index (κ3) is 7.66. The minimum absolute atomic E-state index is 0.0581. The Hall–Kier alpha value is -1.26. The molecule has 0 amide bonds. The molecule has 2 aliphatic carbocycles. The van der Waals surface area contributed by atoms with Gasteiger partial charge in [0.1, 0.15) is 24.8 Å². The molecule has 0 saturated carbocycles. The second-order valence-corrected chi connectivity index (χ2v) is 10.8. The fraction of sp³-hybridized carbons (Fsp3) is 0.786. The maximum atomic E-state index is 6.48. The molecule has 0 radical (unpaired) electrons. The van der Waals surface area contributed by atoms with Gasteiger partial charge in [0.2, 0.25) is 0 Å². The Balaban J connectivity index is 2.43. The molecule has 0 aliphatic heterocycles. The summed E-state index contributed by atoms with van der Waals surface area (Å²) in [5.74, 6) is 2.11. The van der Waals surface area contributed by atoms with Gasteiger partial charge >= 0.3 is 0 Å². The zero-order valence-corrected chi connectivity index (χ0v) is 22.4. The van der Waals surface area contributed by atoms with Gasteiger partial charge in [-0.1, -0.05) is 68.2 Å². The molecular formula is C28H50N2O2. The van der Waals surface area contributed by atoms with Crippen molar-refractivity contribution in [3.8, 4) is 11.5 Å². The van der Waals surface area contributed by atoms with E-state index in [-0.39, 0.29) is 10.8 Å². The summed E-state index contributed by atoms with van der Waals surface area (Å²) >= 11 is 0. The molecule has 184 valence electrons. The van der Waals surface area contributed by atoms with Gasteiger partial charge in [0.25, 0.3) is 0 Å². The van der Waals surface area contributed by atoms with E-state index in [1.54, 1.807) is 0 Å². The van der Waals surface area contributed by atoms with E-state index in [1.165, 1.54) is 36.8 Å². The van der Waals surface area contributed by atoms with Crippen LogP contribution in [-0.4, -0.2) is 55.9 Å². The number of nitrogens with zero attached hydrogens (tertiary/aromatic N) is 2. The number of benzene rings is 1. The standard InChI is InChI=1S/C28H50N2O2/c1-9-29(10-2)17-18-31-25-20-24-26(32-22-30(11-3)12-4)19-23(25)21-27(5,6)15-13-14-16-28(24,7)8/h19-20H,9-18,21-22H2,1-8H3. The van der Waals surface area contributed by atoms with Crippen molar-refractivity contribution in [2.75, 3.05) is 46.1 Å². The van der Waals surface area contributed by atoms with Gasteiger partial charge in [0.05, 0.1) is 0 Å². The van der Waals surface area contributed by atoms with Gasteiger partial charge in [-0.15, -0.1) is 0 Å². The molecule has 2 aliphatic rings. The predicted octanol–water partition coefficient (Wildman–Crippen LogP) is 6.51. The maximum absolute atomic E-state index is 6.48. The number of rotatable bonds is 11. The van der Waals surface area contributed by atoms with Crippen LogP contribution in [0.5, 0.6) is 11.5 Å². The molecule has 2 bridgehead atoms. The molecule has 0 atom stereocenters. The zero-order valence-electron chi connectivity index (χ0n) is 22.4. The van der Waals surface area contributed by atoms with Gasteiger partial charge in [0.15, 0.2) is 0 Å². The van der Waals surface area contributed by atoms with E-state index < -0.39 is 0 Å². The molecule has 0 N–H and O–H groups in total. The topological polar surface area (TPSA) is 24.9 Å². The highest BCUT2D eigenvalue weighted by Gasteiger charge is 2.30. The molecule has 0 aromatic heterocycles. The first-order chi connectivity index (χ1) is 15.2. The molecule has 0 unspecified atom stereocenters. The van der Waals surface area contributed by atoms with Gasteiger partial charge in [-0.3, -0.25) is 4.90 Å². The number of hydrogen-bond acceptors (Lipinski definition) is 4. The zero-order chi connectivity index (χ0) is 23.8. The molecule has 0 fully saturated rings. The van der Waals surface area contributed by atoms with Crippen molar-refractivity contribution in [3.63, 3.8) is 0 Å². The highest BCUT2D eigenvalue weighted by molar-refractivity contribution is 5.50. The average Bonchev–Trinajstić information content (AvgIpc) is 2.77. The molecule has 32 heavy (non-hydrogen) atoms. The van der Waals surface area contributed by atoms with E-state index in [0.717, 1.165) is 57.3 Å². The fourth-order valence-corrected chi connectivity index (χ4v) is 4.82. The van der Waals surface area contributed by atoms with Crippen LogP contribution in [0.2, 0.25) is 0 Å². The molecule has 3 rings (SSSR count). The van der Waals surface area contributed by atoms with Crippen LogP contribution in [0, 0.1) is 5.41 Å². The Morgan fingerprint density at radius 2 is 1.41 bits per heavy atom. The van der Waals surface area contributed by atoms with E-state index >= 15 is 0 Å². The van der Waals surface area contributed by atoms with Crippen LogP contribution < -0.4 is 9.47 Å². The van der Waals surface area contributed by atoms with Crippen molar-refractivity contribution in [3.05, 3.63) is 23.3 Å². The largest absolute Gasteiger partial charge is 0.492 e. The van der Waals surface area contributed by atoms with Gasteiger partial charge in [-0.05, 0) is 74.0 Å². The summed E-state index contributed by atoms with van der Waals surface area (Å²) in [7, 11) is 0. The summed E-state index contributed by atoms with van der Waals surface area (Å²) < 4.78 is 13.0. The van der Waals surface area contributed by atoms with Crippen molar-refractivity contribution in [1.82, 2.24) is 9.80 Å². The second kappa shape index (κ2) is 12.3. The van der Waals surface area contributed by atoms with Crippen LogP contribution in [0.15, 0.2) is 12.1 Å². The van der Waals surface area contributed by atoms with Crippen LogP contribution in [0.4, 0.5) is 0 Å². The number of ether oxygens (including phenoxy) is 2. The lowest BCUT2D eigenvalue weighted by molar-refractivity contribution is 0.134. The van der Waals surface area contributed by atoms with Crippen LogP contribution >= 0.6 is 0 Å². The number of fused-ring (bicyclic) bond motifs is 8. The normalized spacial score (nSPS) is 18.1. The lowest BCUT2D eigenvalue weighted by Crippen LogP contribution is -2.29. The quantitative estimate of drug-likeness (QED) is 0.362. The van der Waals surface area contributed by atoms with Gasteiger partial charge in [-0.25, -0.2) is 0 Å². The van der Waals surface area contributed by atoms with E-state index in [1.807, 2.05) is 0 Å². The van der Waals surface area contributed by atoms with Crippen molar-refractivity contribution in [2.45, 2.75) is 92.9 Å². The Kier molecular flexibility index (Phi) is 10.4. The molecule has 1 aromatic carbocycles. The molecule has 0 heterocycles. The summed E-state index contributed by atoms with van der Waals surface area (Å²) in [6, 6.07) is 4.62. The third-order valence-corrected chi connectivity index (χ3v) is 7.32. The minimum Gasteiger partial charge on any atom is -0.492 e. The van der Waals surface area contributed by atoms with Crippen LogP contribution in [-0.2, 0) is 11.8 Å². The summed E-state index contributed by atoms with van der Waals surface area (Å²) in [5.41, 5.74) is 2.91. The third-order valence-electron chi connectivity index (χ3n) is 7.32. The molecule has 4 nitrogen and oxygen atoms in total. The van der Waals surface area contributed by atoms with Gasteiger partial charge in [0, 0.05) is 12.1 Å². The van der Waals surface area contributed by atoms with Crippen LogP contribution in [0.3, 0.4) is 0 Å². The monoisotopic (exact) mass is 446 g/mol. The van der Waals surface area contributed by atoms with Crippen molar-refractivity contribution in [2.24, 2.45) is 5.41 Å². The highest BCUT2D eigenvalue weighted by Crippen LogP contribution is 2.43. The van der Waals surface area contributed by atoms with Crippen molar-refractivity contribution < 1.29 is 9.47 Å². The number of hydrogen-bond donors (Lipinski definition) is 0. The van der Waals surface area contributed by atoms with Gasteiger partial charge < -0.3 is 14.4 Å². The van der Waals surface area contributed by atoms with Gasteiger partial charge in [-0.2, -0.15) is 0 Å². The SMILES string of the molecule is CCN(CC)CCOc1cc2c(OCN(CC)CC)cc1CC(C)(C)CCCCC2(C)C. The van der Waals surface area contributed by atoms with Crippen LogP contribution in [0.25, 0.3) is 0 Å². The summed E-state index contributed by atoms with van der Waals surface area (Å²) in [6.07, 6.45) is 5.98. The Morgan fingerprint density at radius 1 is 0.781 bits per heavy atom. The fourth-order valence-electron chi connectivity index (χ4n) is 4.82. The first-order valence-electron chi connectivity index (χ1n) is 13.0. The molecular weight excluding hydrogens is 396 g/mol. The minimum atomic E-state index is 0.0581. The maximum Gasteiger partial charge on any atom is 0.142 e.